The molecule has 1 aliphatic heterocycles. The van der Waals surface area contributed by atoms with E-state index >= 15 is 0 Å². The Kier molecular flexibility index (Phi) is 2.41. The van der Waals surface area contributed by atoms with E-state index in [0.717, 1.165) is 27.5 Å². The third kappa shape index (κ3) is 1.76. The molecule has 0 spiro atoms. The van der Waals surface area contributed by atoms with Crippen molar-refractivity contribution >= 4 is 26.5 Å². The normalized spacial score (nSPS) is 15.1. The lowest BCUT2D eigenvalue weighted by atomic mass is 9.98. The van der Waals surface area contributed by atoms with Gasteiger partial charge in [0, 0.05) is 16.5 Å². The molecule has 0 radical (unpaired) electrons. The highest BCUT2D eigenvalue weighted by Crippen LogP contribution is 2.42. The highest BCUT2D eigenvalue weighted by molar-refractivity contribution is 7.93. The fourth-order valence-electron chi connectivity index (χ4n) is 2.87. The molecule has 0 unspecified atom stereocenters. The average molecular weight is 295 g/mol. The maximum atomic E-state index is 12.5. The molecule has 3 aromatic carbocycles. The van der Waals surface area contributed by atoms with Crippen LogP contribution in [0.2, 0.25) is 0 Å². The second-order valence-corrected chi connectivity index (χ2v) is 6.97. The fourth-order valence-corrected chi connectivity index (χ4v) is 4.28. The SMILES string of the molecule is Cc1ccc2c(c1)S(=O)(=O)Nc1c-2ccc2ccccc12. The number of rotatable bonds is 0. The third-order valence-corrected chi connectivity index (χ3v) is 5.27. The zero-order valence-corrected chi connectivity index (χ0v) is 12.2. The van der Waals surface area contributed by atoms with Gasteiger partial charge in [0.2, 0.25) is 0 Å². The van der Waals surface area contributed by atoms with Crippen LogP contribution in [0, 0.1) is 6.92 Å². The van der Waals surface area contributed by atoms with Crippen LogP contribution in [-0.4, -0.2) is 8.42 Å². The molecule has 3 nitrogen and oxygen atoms in total. The van der Waals surface area contributed by atoms with Gasteiger partial charge in [0.1, 0.15) is 0 Å². The average Bonchev–Trinajstić information content (AvgIpc) is 2.47. The summed E-state index contributed by atoms with van der Waals surface area (Å²) >= 11 is 0. The Balaban J connectivity index is 2.16. The summed E-state index contributed by atoms with van der Waals surface area (Å²) in [6, 6.07) is 17.3. The molecule has 0 bridgehead atoms. The predicted octanol–water partition coefficient (Wildman–Crippen LogP) is 3.93. The van der Waals surface area contributed by atoms with Gasteiger partial charge in [0.25, 0.3) is 10.0 Å². The summed E-state index contributed by atoms with van der Waals surface area (Å²) in [5, 5.41) is 1.94. The van der Waals surface area contributed by atoms with Gasteiger partial charge in [-0.25, -0.2) is 8.42 Å². The highest BCUT2D eigenvalue weighted by Gasteiger charge is 2.28. The minimum atomic E-state index is -3.52. The van der Waals surface area contributed by atoms with Crippen LogP contribution in [0.4, 0.5) is 5.69 Å². The number of fused-ring (bicyclic) bond motifs is 5. The fraction of sp³-hybridized carbons (Fsp3) is 0.0588. The van der Waals surface area contributed by atoms with Crippen molar-refractivity contribution in [2.75, 3.05) is 4.72 Å². The van der Waals surface area contributed by atoms with Crippen molar-refractivity contribution < 1.29 is 8.42 Å². The van der Waals surface area contributed by atoms with Gasteiger partial charge in [0.05, 0.1) is 10.6 Å². The molecule has 0 saturated heterocycles. The standard InChI is InChI=1S/C17H13NO2S/c1-11-6-8-14-15-9-7-12-4-2-3-5-13(12)17(15)18-21(19,20)16(14)10-11/h2-10,18H,1H3. The Morgan fingerprint density at radius 1 is 0.905 bits per heavy atom. The van der Waals surface area contributed by atoms with Gasteiger partial charge in [-0.15, -0.1) is 0 Å². The van der Waals surface area contributed by atoms with Crippen molar-refractivity contribution in [2.24, 2.45) is 0 Å². The summed E-state index contributed by atoms with van der Waals surface area (Å²) in [5.74, 6) is 0. The molecule has 3 aromatic rings. The zero-order valence-electron chi connectivity index (χ0n) is 11.4. The molecular weight excluding hydrogens is 282 g/mol. The largest absolute Gasteiger partial charge is 0.278 e. The van der Waals surface area contributed by atoms with Crippen LogP contribution in [0.25, 0.3) is 21.9 Å². The Morgan fingerprint density at radius 3 is 2.52 bits per heavy atom. The Bertz CT molecular complexity index is 991. The monoisotopic (exact) mass is 295 g/mol. The van der Waals surface area contributed by atoms with Gasteiger partial charge in [-0.2, -0.15) is 0 Å². The molecule has 104 valence electrons. The maximum Gasteiger partial charge on any atom is 0.262 e. The molecule has 0 saturated carbocycles. The second kappa shape index (κ2) is 4.09. The number of benzene rings is 3. The zero-order chi connectivity index (χ0) is 14.6. The number of sulfonamides is 1. The van der Waals surface area contributed by atoms with E-state index in [0.29, 0.717) is 10.6 Å². The minimum Gasteiger partial charge on any atom is -0.278 e. The second-order valence-electron chi connectivity index (χ2n) is 5.31. The quantitative estimate of drug-likeness (QED) is 0.683. The molecule has 0 amide bonds. The first-order chi connectivity index (χ1) is 10.1. The van der Waals surface area contributed by atoms with Crippen molar-refractivity contribution in [3.63, 3.8) is 0 Å². The molecule has 4 heteroatoms. The van der Waals surface area contributed by atoms with Crippen molar-refractivity contribution in [2.45, 2.75) is 11.8 Å². The molecule has 4 rings (SSSR count). The van der Waals surface area contributed by atoms with Crippen LogP contribution in [0.15, 0.2) is 59.5 Å². The molecule has 0 fully saturated rings. The smallest absolute Gasteiger partial charge is 0.262 e. The molecule has 21 heavy (non-hydrogen) atoms. The lowest BCUT2D eigenvalue weighted by Crippen LogP contribution is -2.19. The summed E-state index contributed by atoms with van der Waals surface area (Å²) in [5.41, 5.74) is 3.30. The molecule has 0 atom stereocenters. The van der Waals surface area contributed by atoms with Gasteiger partial charge in [-0.3, -0.25) is 4.72 Å². The van der Waals surface area contributed by atoms with Gasteiger partial charge in [0.15, 0.2) is 0 Å². The molecule has 0 aromatic heterocycles. The summed E-state index contributed by atoms with van der Waals surface area (Å²) in [6.07, 6.45) is 0. The molecule has 1 heterocycles. The lowest BCUT2D eigenvalue weighted by Gasteiger charge is -2.23. The van der Waals surface area contributed by atoms with Crippen LogP contribution in [0.1, 0.15) is 5.56 Å². The predicted molar refractivity (Wildman–Crippen MR) is 84.9 cm³/mol. The number of anilines is 1. The molecule has 1 aliphatic rings. The summed E-state index contributed by atoms with van der Waals surface area (Å²) in [7, 11) is -3.52. The maximum absolute atomic E-state index is 12.5. The van der Waals surface area contributed by atoms with E-state index in [1.807, 2.05) is 55.5 Å². The van der Waals surface area contributed by atoms with E-state index in [1.165, 1.54) is 0 Å². The van der Waals surface area contributed by atoms with Crippen LogP contribution >= 0.6 is 0 Å². The summed E-state index contributed by atoms with van der Waals surface area (Å²) in [6.45, 7) is 1.89. The lowest BCUT2D eigenvalue weighted by molar-refractivity contribution is 0.601. The molecule has 0 aliphatic carbocycles. The number of hydrogen-bond acceptors (Lipinski definition) is 2. The minimum absolute atomic E-state index is 0.352. The van der Waals surface area contributed by atoms with Gasteiger partial charge in [-0.1, -0.05) is 48.5 Å². The van der Waals surface area contributed by atoms with Crippen LogP contribution < -0.4 is 4.72 Å². The Hall–Kier alpha value is -2.33. The Morgan fingerprint density at radius 2 is 1.67 bits per heavy atom. The van der Waals surface area contributed by atoms with Crippen molar-refractivity contribution in [3.8, 4) is 11.1 Å². The van der Waals surface area contributed by atoms with Gasteiger partial charge in [-0.05, 0) is 23.9 Å². The first kappa shape index (κ1) is 12.4. The van der Waals surface area contributed by atoms with Crippen molar-refractivity contribution in [1.29, 1.82) is 0 Å². The van der Waals surface area contributed by atoms with Crippen LogP contribution in [0.5, 0.6) is 0 Å². The van der Waals surface area contributed by atoms with E-state index in [2.05, 4.69) is 4.72 Å². The van der Waals surface area contributed by atoms with Crippen molar-refractivity contribution in [3.05, 3.63) is 60.2 Å². The van der Waals surface area contributed by atoms with Crippen molar-refractivity contribution in [1.82, 2.24) is 0 Å². The van der Waals surface area contributed by atoms with E-state index in [4.69, 9.17) is 0 Å². The van der Waals surface area contributed by atoms with E-state index in [-0.39, 0.29) is 0 Å². The van der Waals surface area contributed by atoms with Crippen LogP contribution in [0.3, 0.4) is 0 Å². The number of aryl methyl sites for hydroxylation is 1. The third-order valence-electron chi connectivity index (χ3n) is 3.88. The number of hydrogen-bond donors (Lipinski definition) is 1. The Labute approximate surface area is 123 Å². The van der Waals surface area contributed by atoms with Gasteiger partial charge < -0.3 is 0 Å². The first-order valence-corrected chi connectivity index (χ1v) is 8.20. The number of nitrogens with one attached hydrogen (secondary N) is 1. The summed E-state index contributed by atoms with van der Waals surface area (Å²) in [4.78, 5) is 0.352. The first-order valence-electron chi connectivity index (χ1n) is 6.72. The molecular formula is C17H13NO2S. The van der Waals surface area contributed by atoms with E-state index in [9.17, 15) is 8.42 Å². The topological polar surface area (TPSA) is 46.2 Å². The van der Waals surface area contributed by atoms with E-state index < -0.39 is 10.0 Å². The van der Waals surface area contributed by atoms with Crippen LogP contribution in [-0.2, 0) is 10.0 Å². The summed E-state index contributed by atoms with van der Waals surface area (Å²) < 4.78 is 27.8. The van der Waals surface area contributed by atoms with Gasteiger partial charge >= 0.3 is 0 Å². The highest BCUT2D eigenvalue weighted by atomic mass is 32.2. The van der Waals surface area contributed by atoms with E-state index in [1.54, 1.807) is 6.07 Å². The molecule has 1 N–H and O–H groups in total.